The lowest BCUT2D eigenvalue weighted by Gasteiger charge is -2.24. The molecule has 0 aromatic heterocycles. The summed E-state index contributed by atoms with van der Waals surface area (Å²) in [7, 11) is 0. The van der Waals surface area contributed by atoms with Crippen LogP contribution in [0.25, 0.3) is 0 Å². The third kappa shape index (κ3) is 9.65. The molecule has 0 radical (unpaired) electrons. The monoisotopic (exact) mass is 498 g/mol. The van der Waals surface area contributed by atoms with Crippen molar-refractivity contribution >= 4 is 23.4 Å². The Morgan fingerprint density at radius 3 is 2.17 bits per heavy atom. The Morgan fingerprint density at radius 1 is 0.944 bits per heavy atom. The summed E-state index contributed by atoms with van der Waals surface area (Å²) in [5.41, 5.74) is 18.8. The van der Waals surface area contributed by atoms with Crippen LogP contribution >= 0.6 is 0 Å². The maximum atomic E-state index is 13.1. The molecule has 0 saturated heterocycles. The molecule has 2 aromatic rings. The fourth-order valence-electron chi connectivity index (χ4n) is 3.62. The van der Waals surface area contributed by atoms with E-state index >= 15 is 0 Å². The Morgan fingerprint density at radius 2 is 1.58 bits per heavy atom. The molecule has 2 atom stereocenters. The van der Waals surface area contributed by atoms with Crippen molar-refractivity contribution in [1.29, 1.82) is 0 Å². The van der Waals surface area contributed by atoms with Crippen LogP contribution in [0.5, 0.6) is 5.75 Å². The zero-order valence-electron chi connectivity index (χ0n) is 20.8. The molecule has 0 bridgehead atoms. The summed E-state index contributed by atoms with van der Waals surface area (Å²) in [6.45, 7) is 3.64. The topological polar surface area (TPSA) is 166 Å². The molecule has 36 heavy (non-hydrogen) atoms. The number of hydrogen-bond donors (Lipinski definition) is 5. The predicted molar refractivity (Wildman–Crippen MR) is 140 cm³/mol. The van der Waals surface area contributed by atoms with Crippen LogP contribution in [0, 0.1) is 0 Å². The van der Waals surface area contributed by atoms with Crippen LogP contribution in [-0.4, -0.2) is 67.5 Å². The lowest BCUT2D eigenvalue weighted by molar-refractivity contribution is -0.134. The quantitative estimate of drug-likeness (QED) is 0.240. The first-order valence-corrected chi connectivity index (χ1v) is 12.2. The maximum Gasteiger partial charge on any atom is 0.246 e. The first kappa shape index (κ1) is 28.8. The zero-order chi connectivity index (χ0) is 26.3. The third-order valence-corrected chi connectivity index (χ3v) is 5.51. The third-order valence-electron chi connectivity index (χ3n) is 5.51. The van der Waals surface area contributed by atoms with Gasteiger partial charge in [-0.2, -0.15) is 0 Å². The molecule has 3 amide bonds. The van der Waals surface area contributed by atoms with E-state index in [1.165, 1.54) is 4.90 Å². The lowest BCUT2D eigenvalue weighted by atomic mass is 10.0. The molecule has 2 aromatic carbocycles. The second-order valence-electron chi connectivity index (χ2n) is 8.30. The molecule has 2 unspecified atom stereocenters. The van der Waals surface area contributed by atoms with E-state index in [0.29, 0.717) is 44.0 Å². The molecule has 10 nitrogen and oxygen atoms in total. The fraction of sp³-hybridized carbons (Fsp3) is 0.423. The smallest absolute Gasteiger partial charge is 0.246 e. The van der Waals surface area contributed by atoms with E-state index in [4.69, 9.17) is 21.9 Å². The molecule has 8 N–H and O–H groups in total. The second kappa shape index (κ2) is 15.5. The van der Waals surface area contributed by atoms with Gasteiger partial charge in [-0.05, 0) is 49.6 Å². The number of rotatable bonds is 15. The number of aryl methyl sites for hydroxylation is 1. The van der Waals surface area contributed by atoms with Gasteiger partial charge in [0.2, 0.25) is 17.7 Å². The minimum Gasteiger partial charge on any atom is -0.494 e. The molecule has 2 rings (SSSR count). The number of hydrogen-bond acceptors (Lipinski definition) is 7. The van der Waals surface area contributed by atoms with Crippen molar-refractivity contribution in [1.82, 2.24) is 10.2 Å². The number of carbonyl (C=O) groups excluding carboxylic acids is 3. The summed E-state index contributed by atoms with van der Waals surface area (Å²) < 4.78 is 5.43. The molecule has 0 aliphatic rings. The van der Waals surface area contributed by atoms with E-state index in [0.717, 1.165) is 5.56 Å². The maximum absolute atomic E-state index is 13.1. The van der Waals surface area contributed by atoms with Gasteiger partial charge in [-0.1, -0.05) is 30.3 Å². The van der Waals surface area contributed by atoms with Crippen LogP contribution in [0.3, 0.4) is 0 Å². The summed E-state index contributed by atoms with van der Waals surface area (Å²) in [4.78, 5) is 40.0. The summed E-state index contributed by atoms with van der Waals surface area (Å²) in [6, 6.07) is 14.7. The molecular formula is C26H38N6O4. The number of anilines is 1. The standard InChI is InChI=1S/C26H38N6O4/c1-2-36-21-11-9-20(10-12-21)30-26(35)23(13-8-19-6-4-3-5-7-19)31-25(34)22(29)18-24(33)32(16-14-27)17-15-28/h3-7,9-12,22-23H,2,8,13-18,27-29H2,1H3,(H,30,35)(H,31,34). The van der Waals surface area contributed by atoms with Gasteiger partial charge in [0.15, 0.2) is 0 Å². The van der Waals surface area contributed by atoms with Crippen molar-refractivity contribution in [3.05, 3.63) is 60.2 Å². The van der Waals surface area contributed by atoms with Crippen molar-refractivity contribution in [3.8, 4) is 5.75 Å². The average Bonchev–Trinajstić information content (AvgIpc) is 2.88. The van der Waals surface area contributed by atoms with Crippen molar-refractivity contribution in [3.63, 3.8) is 0 Å². The summed E-state index contributed by atoms with van der Waals surface area (Å²) in [5, 5.41) is 5.56. The van der Waals surface area contributed by atoms with Gasteiger partial charge in [0.1, 0.15) is 11.8 Å². The van der Waals surface area contributed by atoms with E-state index in [1.807, 2.05) is 37.3 Å². The highest BCUT2D eigenvalue weighted by atomic mass is 16.5. The normalized spacial score (nSPS) is 12.3. The summed E-state index contributed by atoms with van der Waals surface area (Å²) in [6.07, 6.45) is 0.709. The highest BCUT2D eigenvalue weighted by Gasteiger charge is 2.26. The molecule has 10 heteroatoms. The summed E-state index contributed by atoms with van der Waals surface area (Å²) in [5.74, 6) is -0.579. The van der Waals surface area contributed by atoms with E-state index in [2.05, 4.69) is 10.6 Å². The number of ether oxygens (including phenoxy) is 1. The zero-order valence-corrected chi connectivity index (χ0v) is 20.8. The van der Waals surface area contributed by atoms with Crippen LogP contribution in [0.2, 0.25) is 0 Å². The van der Waals surface area contributed by atoms with Gasteiger partial charge < -0.3 is 37.5 Å². The Hall–Kier alpha value is -3.47. The van der Waals surface area contributed by atoms with Gasteiger partial charge >= 0.3 is 0 Å². The van der Waals surface area contributed by atoms with Gasteiger partial charge in [-0.25, -0.2) is 0 Å². The van der Waals surface area contributed by atoms with E-state index < -0.39 is 18.0 Å². The Balaban J connectivity index is 2.06. The Labute approximate surface area is 212 Å². The van der Waals surface area contributed by atoms with E-state index in [1.54, 1.807) is 24.3 Å². The first-order valence-electron chi connectivity index (χ1n) is 12.2. The summed E-state index contributed by atoms with van der Waals surface area (Å²) >= 11 is 0. The van der Waals surface area contributed by atoms with Crippen molar-refractivity contribution in [2.24, 2.45) is 17.2 Å². The largest absolute Gasteiger partial charge is 0.494 e. The van der Waals surface area contributed by atoms with Crippen LogP contribution in [0.1, 0.15) is 25.3 Å². The Kier molecular flexibility index (Phi) is 12.4. The molecular weight excluding hydrogens is 460 g/mol. The highest BCUT2D eigenvalue weighted by Crippen LogP contribution is 2.16. The number of nitrogens with zero attached hydrogens (tertiary/aromatic N) is 1. The Bertz CT molecular complexity index is 949. The average molecular weight is 499 g/mol. The second-order valence-corrected chi connectivity index (χ2v) is 8.30. The van der Waals surface area contributed by atoms with Crippen LogP contribution < -0.4 is 32.6 Å². The van der Waals surface area contributed by atoms with Gasteiger partial charge in [0, 0.05) is 31.9 Å². The minimum absolute atomic E-state index is 0.211. The molecule has 196 valence electrons. The molecule has 0 saturated carbocycles. The lowest BCUT2D eigenvalue weighted by Crippen LogP contribution is -2.52. The number of nitrogens with one attached hydrogen (secondary N) is 2. The number of nitrogens with two attached hydrogens (primary N) is 3. The van der Waals surface area contributed by atoms with E-state index in [-0.39, 0.29) is 31.3 Å². The van der Waals surface area contributed by atoms with Crippen LogP contribution in [0.4, 0.5) is 5.69 Å². The highest BCUT2D eigenvalue weighted by molar-refractivity contribution is 5.98. The first-order chi connectivity index (χ1) is 17.4. The fourth-order valence-corrected chi connectivity index (χ4v) is 3.62. The number of amides is 3. The van der Waals surface area contributed by atoms with Crippen molar-refractivity contribution in [2.75, 3.05) is 38.1 Å². The molecule has 0 fully saturated rings. The van der Waals surface area contributed by atoms with Gasteiger partial charge in [-0.3, -0.25) is 14.4 Å². The number of carbonyl (C=O) groups is 3. The van der Waals surface area contributed by atoms with Crippen LogP contribution in [0.15, 0.2) is 54.6 Å². The van der Waals surface area contributed by atoms with Crippen LogP contribution in [-0.2, 0) is 20.8 Å². The van der Waals surface area contributed by atoms with Crippen molar-refractivity contribution in [2.45, 2.75) is 38.3 Å². The van der Waals surface area contributed by atoms with E-state index in [9.17, 15) is 14.4 Å². The minimum atomic E-state index is -1.12. The van der Waals surface area contributed by atoms with Gasteiger partial charge in [-0.15, -0.1) is 0 Å². The van der Waals surface area contributed by atoms with Crippen molar-refractivity contribution < 1.29 is 19.1 Å². The molecule has 0 aliphatic heterocycles. The molecule has 0 spiro atoms. The molecule has 0 heterocycles. The van der Waals surface area contributed by atoms with Gasteiger partial charge in [0.05, 0.1) is 19.1 Å². The SMILES string of the molecule is CCOc1ccc(NC(=O)C(CCc2ccccc2)NC(=O)C(N)CC(=O)N(CCN)CCN)cc1. The number of benzene rings is 2. The molecule has 0 aliphatic carbocycles. The predicted octanol–water partition coefficient (Wildman–Crippen LogP) is 0.605. The van der Waals surface area contributed by atoms with Gasteiger partial charge in [0.25, 0.3) is 0 Å².